The first kappa shape index (κ1) is 21.3. The number of piperidine rings is 1. The third-order valence-corrected chi connectivity index (χ3v) is 6.57. The van der Waals surface area contributed by atoms with Gasteiger partial charge in [-0.15, -0.1) is 0 Å². The number of hydrogen-bond acceptors (Lipinski definition) is 5. The van der Waals surface area contributed by atoms with Crippen molar-refractivity contribution >= 4 is 16.9 Å². The first-order chi connectivity index (χ1) is 15.9. The summed E-state index contributed by atoms with van der Waals surface area (Å²) in [6, 6.07) is 10.0. The van der Waals surface area contributed by atoms with Crippen molar-refractivity contribution < 1.29 is 4.79 Å². The van der Waals surface area contributed by atoms with E-state index in [1.807, 2.05) is 56.9 Å². The molecule has 5 rings (SSSR count). The van der Waals surface area contributed by atoms with Crippen molar-refractivity contribution in [2.45, 2.75) is 52.9 Å². The van der Waals surface area contributed by atoms with Crippen LogP contribution in [0.3, 0.4) is 0 Å². The predicted molar refractivity (Wildman–Crippen MR) is 126 cm³/mol. The normalized spacial score (nSPS) is 14.8. The van der Waals surface area contributed by atoms with Crippen molar-refractivity contribution in [1.82, 2.24) is 34.6 Å². The highest BCUT2D eigenvalue weighted by atomic mass is 16.2. The van der Waals surface area contributed by atoms with Crippen molar-refractivity contribution in [1.29, 1.82) is 0 Å². The maximum absolute atomic E-state index is 13.1. The van der Waals surface area contributed by atoms with Gasteiger partial charge in [0.1, 0.15) is 5.82 Å². The number of imidazole rings is 1. The molecule has 33 heavy (non-hydrogen) atoms. The van der Waals surface area contributed by atoms with Gasteiger partial charge in [0.2, 0.25) is 5.91 Å². The summed E-state index contributed by atoms with van der Waals surface area (Å²) >= 11 is 0. The molecule has 0 spiro atoms. The minimum absolute atomic E-state index is 0.144. The lowest BCUT2D eigenvalue weighted by Gasteiger charge is -2.31. The fraction of sp³-hybridized carbons (Fsp3) is 0.400. The van der Waals surface area contributed by atoms with Gasteiger partial charge in [-0.3, -0.25) is 4.79 Å². The average Bonchev–Trinajstić information content (AvgIpc) is 3.35. The Labute approximate surface area is 193 Å². The Bertz CT molecular complexity index is 1270. The zero-order valence-electron chi connectivity index (χ0n) is 19.6. The molecular weight excluding hydrogens is 414 g/mol. The van der Waals surface area contributed by atoms with E-state index < -0.39 is 0 Å². The highest BCUT2D eigenvalue weighted by Gasteiger charge is 2.27. The van der Waals surface area contributed by atoms with Crippen LogP contribution < -0.4 is 0 Å². The Morgan fingerprint density at radius 2 is 1.73 bits per heavy atom. The number of carbonyl (C=O) groups is 1. The average molecular weight is 444 g/mol. The number of aryl methyl sites for hydroxylation is 3. The molecule has 170 valence electrons. The summed E-state index contributed by atoms with van der Waals surface area (Å²) in [6.07, 6.45) is 2.18. The van der Waals surface area contributed by atoms with Crippen molar-refractivity contribution in [3.8, 4) is 5.95 Å². The van der Waals surface area contributed by atoms with Gasteiger partial charge in [-0.1, -0.05) is 12.1 Å². The second-order valence-corrected chi connectivity index (χ2v) is 8.98. The number of nitrogens with one attached hydrogen (secondary N) is 1. The van der Waals surface area contributed by atoms with Gasteiger partial charge in [0.15, 0.2) is 0 Å². The summed E-state index contributed by atoms with van der Waals surface area (Å²) in [4.78, 5) is 32.4. The molecule has 8 nitrogen and oxygen atoms in total. The number of para-hydroxylation sites is 2. The lowest BCUT2D eigenvalue weighted by molar-refractivity contribution is -0.131. The number of likely N-dealkylation sites (tertiary alicyclic amines) is 1. The Hall–Kier alpha value is -3.55. The van der Waals surface area contributed by atoms with E-state index in [4.69, 9.17) is 4.98 Å². The molecule has 0 radical (unpaired) electrons. The lowest BCUT2D eigenvalue weighted by atomic mass is 9.95. The molecule has 0 aliphatic carbocycles. The van der Waals surface area contributed by atoms with Crippen LogP contribution in [0.1, 0.15) is 52.9 Å². The summed E-state index contributed by atoms with van der Waals surface area (Å²) in [7, 11) is 0. The van der Waals surface area contributed by atoms with E-state index in [1.165, 1.54) is 0 Å². The van der Waals surface area contributed by atoms with Gasteiger partial charge in [-0.05, 0) is 58.7 Å². The number of rotatable bonds is 4. The molecule has 0 atom stereocenters. The summed E-state index contributed by atoms with van der Waals surface area (Å²) in [5.74, 6) is 2.09. The van der Waals surface area contributed by atoms with Crippen LogP contribution in [-0.2, 0) is 11.2 Å². The van der Waals surface area contributed by atoms with Crippen molar-refractivity contribution in [3.63, 3.8) is 0 Å². The van der Waals surface area contributed by atoms with E-state index in [0.717, 1.165) is 71.1 Å². The third-order valence-electron chi connectivity index (χ3n) is 6.57. The van der Waals surface area contributed by atoms with Gasteiger partial charge in [0.25, 0.3) is 5.95 Å². The molecule has 1 aliphatic heterocycles. The second-order valence-electron chi connectivity index (χ2n) is 8.98. The van der Waals surface area contributed by atoms with Crippen LogP contribution in [0.2, 0.25) is 0 Å². The smallest absolute Gasteiger partial charge is 0.251 e. The molecule has 0 unspecified atom stereocenters. The first-order valence-electron chi connectivity index (χ1n) is 11.5. The highest BCUT2D eigenvalue weighted by molar-refractivity contribution is 5.79. The minimum atomic E-state index is 0.144. The number of fused-ring (bicyclic) bond motifs is 1. The standard InChI is InChI=1S/C25H29N7O/c1-15-13-16(2)27-25(26-15)32-18(4)20(17(3)30-32)14-23(33)31-11-9-19(10-12-31)24-28-21-7-5-6-8-22(21)29-24/h5-8,13,19H,9-12,14H2,1-4H3,(H,28,29). The minimum Gasteiger partial charge on any atom is -0.342 e. The molecule has 8 heteroatoms. The van der Waals surface area contributed by atoms with Crippen LogP contribution in [0.15, 0.2) is 30.3 Å². The molecule has 0 saturated carbocycles. The second kappa shape index (κ2) is 8.42. The van der Waals surface area contributed by atoms with E-state index in [2.05, 4.69) is 26.1 Å². The van der Waals surface area contributed by atoms with E-state index >= 15 is 0 Å². The monoisotopic (exact) mass is 443 g/mol. The topological polar surface area (TPSA) is 92.6 Å². The number of carbonyl (C=O) groups excluding carboxylic acids is 1. The Morgan fingerprint density at radius 1 is 1.03 bits per heavy atom. The van der Waals surface area contributed by atoms with E-state index in [0.29, 0.717) is 18.3 Å². The summed E-state index contributed by atoms with van der Waals surface area (Å²) in [6.45, 7) is 9.31. The van der Waals surface area contributed by atoms with Crippen molar-refractivity contribution in [2.24, 2.45) is 0 Å². The van der Waals surface area contributed by atoms with Crippen LogP contribution in [0.4, 0.5) is 0 Å². The Morgan fingerprint density at radius 3 is 2.42 bits per heavy atom. The molecule has 1 aromatic carbocycles. The molecule has 1 fully saturated rings. The molecule has 1 N–H and O–H groups in total. The zero-order chi connectivity index (χ0) is 23.1. The quantitative estimate of drug-likeness (QED) is 0.519. The molecule has 1 aliphatic rings. The maximum Gasteiger partial charge on any atom is 0.251 e. The lowest BCUT2D eigenvalue weighted by Crippen LogP contribution is -2.39. The summed E-state index contributed by atoms with van der Waals surface area (Å²) in [5.41, 5.74) is 6.60. The van der Waals surface area contributed by atoms with E-state index in [-0.39, 0.29) is 5.91 Å². The Kier molecular flexibility index (Phi) is 5.44. The number of hydrogen-bond donors (Lipinski definition) is 1. The van der Waals surface area contributed by atoms with E-state index in [1.54, 1.807) is 4.68 Å². The van der Waals surface area contributed by atoms with Gasteiger partial charge in [-0.2, -0.15) is 5.10 Å². The van der Waals surface area contributed by atoms with Crippen molar-refractivity contribution in [2.75, 3.05) is 13.1 Å². The highest BCUT2D eigenvalue weighted by Crippen LogP contribution is 2.28. The van der Waals surface area contributed by atoms with Crippen molar-refractivity contribution in [3.05, 3.63) is 64.5 Å². The first-order valence-corrected chi connectivity index (χ1v) is 11.5. The Balaban J connectivity index is 1.27. The number of H-pyrrole nitrogens is 1. The molecule has 4 aromatic rings. The fourth-order valence-electron chi connectivity index (χ4n) is 4.76. The molecule has 0 bridgehead atoms. The zero-order valence-corrected chi connectivity index (χ0v) is 19.6. The van der Waals surface area contributed by atoms with Crippen LogP contribution in [0.25, 0.3) is 17.0 Å². The van der Waals surface area contributed by atoms with Crippen LogP contribution in [0.5, 0.6) is 0 Å². The molecule has 1 amide bonds. The molecule has 3 aromatic heterocycles. The SMILES string of the molecule is Cc1cc(C)nc(-n2nc(C)c(CC(=O)N3CCC(c4nc5ccccc5[nH]4)CC3)c2C)n1. The van der Waals surface area contributed by atoms with Gasteiger partial charge >= 0.3 is 0 Å². The fourth-order valence-corrected chi connectivity index (χ4v) is 4.76. The number of nitrogens with zero attached hydrogens (tertiary/aromatic N) is 6. The molecular formula is C25H29N7O. The third kappa shape index (κ3) is 4.13. The predicted octanol–water partition coefficient (Wildman–Crippen LogP) is 3.72. The van der Waals surface area contributed by atoms with Crippen LogP contribution >= 0.6 is 0 Å². The van der Waals surface area contributed by atoms with E-state index in [9.17, 15) is 4.79 Å². The summed E-state index contributed by atoms with van der Waals surface area (Å²) in [5, 5.41) is 4.64. The largest absolute Gasteiger partial charge is 0.342 e. The van der Waals surface area contributed by atoms with Gasteiger partial charge in [0, 0.05) is 41.7 Å². The number of amides is 1. The number of aromatic amines is 1. The van der Waals surface area contributed by atoms with Gasteiger partial charge in [0.05, 0.1) is 23.1 Å². The van der Waals surface area contributed by atoms with Crippen LogP contribution in [0, 0.1) is 27.7 Å². The van der Waals surface area contributed by atoms with Gasteiger partial charge < -0.3 is 9.88 Å². The van der Waals surface area contributed by atoms with Gasteiger partial charge in [-0.25, -0.2) is 19.6 Å². The van der Waals surface area contributed by atoms with Crippen LogP contribution in [-0.4, -0.2) is 53.6 Å². The molecule has 1 saturated heterocycles. The number of benzene rings is 1. The number of aromatic nitrogens is 6. The summed E-state index contributed by atoms with van der Waals surface area (Å²) < 4.78 is 1.76. The maximum atomic E-state index is 13.1. The molecule has 4 heterocycles.